The molecule has 2 unspecified atom stereocenters. The van der Waals surface area contributed by atoms with Crippen molar-refractivity contribution in [2.75, 3.05) is 38.7 Å². The lowest BCUT2D eigenvalue weighted by Gasteiger charge is -2.21. The summed E-state index contributed by atoms with van der Waals surface area (Å²) in [5.74, 6) is -2.22. The predicted octanol–water partition coefficient (Wildman–Crippen LogP) is 2.55. The van der Waals surface area contributed by atoms with Crippen LogP contribution in [0.1, 0.15) is 17.0 Å². The molecule has 3 N–H and O–H groups in total. The number of ether oxygens (including phenoxy) is 1. The van der Waals surface area contributed by atoms with Crippen molar-refractivity contribution in [2.24, 2.45) is 0 Å². The van der Waals surface area contributed by atoms with Gasteiger partial charge in [-0.15, -0.1) is 0 Å². The topological polar surface area (TPSA) is 115 Å². The molecule has 35 heavy (non-hydrogen) atoms. The van der Waals surface area contributed by atoms with E-state index in [0.29, 0.717) is 37.5 Å². The number of hydrogen-bond acceptors (Lipinski definition) is 5. The minimum atomic E-state index is -0.959. The number of anilines is 1. The van der Waals surface area contributed by atoms with E-state index >= 15 is 0 Å². The molecule has 3 aromatic rings. The smallest absolute Gasteiger partial charge is 0.320 e. The van der Waals surface area contributed by atoms with E-state index in [-0.39, 0.29) is 17.3 Å². The zero-order valence-electron chi connectivity index (χ0n) is 18.9. The molecular formula is C24H24F2N6O3. The van der Waals surface area contributed by atoms with Gasteiger partial charge in [-0.2, -0.15) is 5.26 Å². The molecule has 2 heterocycles. The molecule has 2 amide bonds. The summed E-state index contributed by atoms with van der Waals surface area (Å²) in [5.41, 5.74) is 0.217. The maximum absolute atomic E-state index is 13.9. The van der Waals surface area contributed by atoms with Crippen LogP contribution in [0.4, 0.5) is 19.4 Å². The Morgan fingerprint density at radius 2 is 1.97 bits per heavy atom. The molecule has 0 radical (unpaired) electrons. The molecule has 1 aromatic heterocycles. The zero-order valence-corrected chi connectivity index (χ0v) is 18.9. The number of H-pyrrole nitrogens is 1. The van der Waals surface area contributed by atoms with Gasteiger partial charge >= 0.3 is 6.03 Å². The molecule has 1 aliphatic heterocycles. The van der Waals surface area contributed by atoms with Gasteiger partial charge in [0.25, 0.3) is 5.56 Å². The zero-order chi connectivity index (χ0) is 24.9. The number of amides is 2. The van der Waals surface area contributed by atoms with Gasteiger partial charge < -0.3 is 10.1 Å². The van der Waals surface area contributed by atoms with Crippen molar-refractivity contribution in [1.29, 1.82) is 5.26 Å². The molecule has 1 saturated heterocycles. The van der Waals surface area contributed by atoms with E-state index < -0.39 is 29.3 Å². The first-order chi connectivity index (χ1) is 16.9. The Morgan fingerprint density at radius 1 is 1.20 bits per heavy atom. The van der Waals surface area contributed by atoms with Gasteiger partial charge in [0.2, 0.25) is 0 Å². The highest BCUT2D eigenvalue weighted by atomic mass is 19.2. The van der Waals surface area contributed by atoms with Crippen molar-refractivity contribution in [2.45, 2.75) is 12.0 Å². The van der Waals surface area contributed by atoms with E-state index in [9.17, 15) is 23.6 Å². The molecule has 0 spiro atoms. The molecule has 11 heteroatoms. The summed E-state index contributed by atoms with van der Waals surface area (Å²) in [5, 5.41) is 17.5. The molecule has 0 bridgehead atoms. The third-order valence-corrected chi connectivity index (χ3v) is 5.95. The maximum atomic E-state index is 13.9. The highest BCUT2D eigenvalue weighted by Gasteiger charge is 2.35. The molecule has 2 atom stereocenters. The van der Waals surface area contributed by atoms with Gasteiger partial charge in [0.15, 0.2) is 23.0 Å². The number of urea groups is 1. The van der Waals surface area contributed by atoms with E-state index in [1.54, 1.807) is 37.4 Å². The van der Waals surface area contributed by atoms with Gasteiger partial charge in [-0.1, -0.05) is 24.3 Å². The molecule has 4 rings (SSSR count). The molecule has 182 valence electrons. The van der Waals surface area contributed by atoms with Gasteiger partial charge in [0, 0.05) is 32.7 Å². The van der Waals surface area contributed by atoms with E-state index in [1.165, 1.54) is 10.7 Å². The van der Waals surface area contributed by atoms with Crippen molar-refractivity contribution >= 4 is 11.8 Å². The average Bonchev–Trinajstić information content (AvgIpc) is 3.39. The summed E-state index contributed by atoms with van der Waals surface area (Å²) in [6, 6.07) is 13.2. The Balaban J connectivity index is 1.58. The summed E-state index contributed by atoms with van der Waals surface area (Å²) >= 11 is 0. The highest BCUT2D eigenvalue weighted by Crippen LogP contribution is 2.29. The number of benzene rings is 2. The monoisotopic (exact) mass is 482 g/mol. The van der Waals surface area contributed by atoms with Crippen molar-refractivity contribution < 1.29 is 18.3 Å². The summed E-state index contributed by atoms with van der Waals surface area (Å²) in [4.78, 5) is 27.3. The maximum Gasteiger partial charge on any atom is 0.320 e. The second-order valence-electron chi connectivity index (χ2n) is 8.18. The number of hydrogen-bond donors (Lipinski definition) is 3. The lowest BCUT2D eigenvalue weighted by molar-refractivity contribution is 0.159. The number of carbonyl (C=O) groups is 1. The standard InChI is InChI=1S/C24H24F2N6O3/c1-35-10-9-31-13-18(15-7-8-19(25)20(26)11-15)21(14-31)28-24(34)29-22-17(12-27)23(33)30-32(22)16-5-3-2-4-6-16/h2-8,11,18,21H,9-10,13-14H2,1H3,(H,30,33)(H2,28,29,34). The Kier molecular flexibility index (Phi) is 7.24. The van der Waals surface area contributed by atoms with Crippen LogP contribution in [0.5, 0.6) is 0 Å². The van der Waals surface area contributed by atoms with Gasteiger partial charge in [0.1, 0.15) is 6.07 Å². The van der Waals surface area contributed by atoms with Gasteiger partial charge in [0.05, 0.1) is 18.3 Å². The molecule has 1 aliphatic rings. The molecule has 0 aliphatic carbocycles. The fourth-order valence-electron chi connectivity index (χ4n) is 4.25. The number of nitrogens with zero attached hydrogens (tertiary/aromatic N) is 3. The molecule has 2 aromatic carbocycles. The largest absolute Gasteiger partial charge is 0.383 e. The Bertz CT molecular complexity index is 1300. The third kappa shape index (κ3) is 5.24. The minimum Gasteiger partial charge on any atom is -0.383 e. The molecule has 0 saturated carbocycles. The average molecular weight is 482 g/mol. The highest BCUT2D eigenvalue weighted by molar-refractivity contribution is 5.90. The quantitative estimate of drug-likeness (QED) is 0.479. The van der Waals surface area contributed by atoms with Gasteiger partial charge in [-0.25, -0.2) is 18.3 Å². The first kappa shape index (κ1) is 24.1. The lowest BCUT2D eigenvalue weighted by Crippen LogP contribution is -2.42. The number of rotatable bonds is 7. The van der Waals surface area contributed by atoms with E-state index in [4.69, 9.17) is 4.74 Å². The first-order valence-corrected chi connectivity index (χ1v) is 11.0. The van der Waals surface area contributed by atoms with Crippen LogP contribution in [-0.2, 0) is 4.74 Å². The Morgan fingerprint density at radius 3 is 2.66 bits per heavy atom. The Hall–Kier alpha value is -4.01. The number of halogens is 2. The molecule has 1 fully saturated rings. The lowest BCUT2D eigenvalue weighted by atomic mass is 9.94. The second kappa shape index (κ2) is 10.5. The number of nitrogens with one attached hydrogen (secondary N) is 3. The second-order valence-corrected chi connectivity index (χ2v) is 8.18. The van der Waals surface area contributed by atoms with Crippen LogP contribution < -0.4 is 16.2 Å². The van der Waals surface area contributed by atoms with E-state index in [2.05, 4.69) is 20.6 Å². The SMILES string of the molecule is COCCN1CC(NC(=O)Nc2c(C#N)c(=O)[nH]n2-c2ccccc2)C(c2ccc(F)c(F)c2)C1. The molecule has 9 nitrogen and oxygen atoms in total. The normalized spacial score (nSPS) is 17.8. The number of aromatic amines is 1. The van der Waals surface area contributed by atoms with Crippen LogP contribution in [0.15, 0.2) is 53.3 Å². The number of nitriles is 1. The minimum absolute atomic E-state index is 0.000173. The third-order valence-electron chi connectivity index (χ3n) is 5.95. The number of carbonyl (C=O) groups excluding carboxylic acids is 1. The van der Waals surface area contributed by atoms with Crippen LogP contribution in [0.2, 0.25) is 0 Å². The van der Waals surface area contributed by atoms with E-state index in [1.807, 2.05) is 6.07 Å². The fraction of sp³-hybridized carbons (Fsp3) is 0.292. The van der Waals surface area contributed by atoms with Crippen molar-refractivity contribution in [1.82, 2.24) is 20.0 Å². The van der Waals surface area contributed by atoms with Gasteiger partial charge in [-0.3, -0.25) is 20.1 Å². The predicted molar refractivity (Wildman–Crippen MR) is 124 cm³/mol. The van der Waals surface area contributed by atoms with Crippen LogP contribution in [0, 0.1) is 23.0 Å². The van der Waals surface area contributed by atoms with Crippen LogP contribution in [0.25, 0.3) is 5.69 Å². The fourth-order valence-corrected chi connectivity index (χ4v) is 4.25. The van der Waals surface area contributed by atoms with Crippen molar-refractivity contribution in [3.63, 3.8) is 0 Å². The summed E-state index contributed by atoms with van der Waals surface area (Å²) in [6.07, 6.45) is 0. The summed E-state index contributed by atoms with van der Waals surface area (Å²) < 4.78 is 33.9. The van der Waals surface area contributed by atoms with Crippen molar-refractivity contribution in [3.8, 4) is 11.8 Å². The van der Waals surface area contributed by atoms with Crippen LogP contribution in [0.3, 0.4) is 0 Å². The molecular weight excluding hydrogens is 458 g/mol. The van der Waals surface area contributed by atoms with Crippen LogP contribution >= 0.6 is 0 Å². The first-order valence-electron chi connectivity index (χ1n) is 11.0. The van der Waals surface area contributed by atoms with Gasteiger partial charge in [-0.05, 0) is 29.8 Å². The summed E-state index contributed by atoms with van der Waals surface area (Å²) in [7, 11) is 1.59. The van der Waals surface area contributed by atoms with E-state index in [0.717, 1.165) is 12.1 Å². The van der Waals surface area contributed by atoms with Crippen LogP contribution in [-0.4, -0.2) is 60.1 Å². The Labute approximate surface area is 199 Å². The number of para-hydroxylation sites is 1. The van der Waals surface area contributed by atoms with Crippen molar-refractivity contribution in [3.05, 3.63) is 81.6 Å². The number of methoxy groups -OCH3 is 1. The number of aromatic nitrogens is 2. The summed E-state index contributed by atoms with van der Waals surface area (Å²) in [6.45, 7) is 2.02. The number of likely N-dealkylation sites (tertiary alicyclic amines) is 1.